The Balaban J connectivity index is 1.81. The Hall–Kier alpha value is -0.850. The van der Waals surface area contributed by atoms with E-state index in [2.05, 4.69) is 67.8 Å². The smallest absolute Gasteiger partial charge is 0.193 e. The highest BCUT2D eigenvalue weighted by atomic mass is 79.9. The first kappa shape index (κ1) is 15.5. The molecule has 2 aromatic rings. The minimum absolute atomic E-state index is 0.812. The van der Waals surface area contributed by atoms with Crippen LogP contribution in [0, 0.1) is 0 Å². The van der Waals surface area contributed by atoms with Gasteiger partial charge in [0.05, 0.1) is 10.3 Å². The molecule has 0 atom stereocenters. The number of nitrogens with one attached hydrogen (secondary N) is 1. The lowest BCUT2D eigenvalue weighted by Crippen LogP contribution is -2.39. The van der Waals surface area contributed by atoms with Crippen LogP contribution in [0.1, 0.15) is 9.75 Å². The van der Waals surface area contributed by atoms with Gasteiger partial charge in [-0.25, -0.2) is 0 Å². The predicted octanol–water partition coefficient (Wildman–Crippen LogP) is 3.82. The fourth-order valence-electron chi connectivity index (χ4n) is 1.84. The van der Waals surface area contributed by atoms with Crippen LogP contribution in [0.4, 0.5) is 0 Å². The number of hydrogen-bond donors (Lipinski definition) is 1. The van der Waals surface area contributed by atoms with Crippen LogP contribution in [0.3, 0.4) is 0 Å². The molecule has 2 heterocycles. The molecule has 0 aromatic carbocycles. The summed E-state index contributed by atoms with van der Waals surface area (Å²) in [5, 5.41) is 5.52. The molecule has 0 amide bonds. The molecule has 0 saturated carbocycles. The number of likely N-dealkylation sites (N-methyl/N-ethyl adjacent to an activating group) is 1. The Labute approximate surface area is 136 Å². The molecule has 0 aliphatic carbocycles. The first-order valence-corrected chi connectivity index (χ1v) is 8.86. The Bertz CT molecular complexity index is 549. The van der Waals surface area contributed by atoms with E-state index in [0.717, 1.165) is 29.3 Å². The maximum Gasteiger partial charge on any atom is 0.193 e. The number of nitrogens with zero attached hydrogens (tertiary/aromatic N) is 2. The topological polar surface area (TPSA) is 27.6 Å². The number of halogens is 1. The van der Waals surface area contributed by atoms with E-state index in [1.807, 2.05) is 7.05 Å². The summed E-state index contributed by atoms with van der Waals surface area (Å²) in [6.07, 6.45) is 1.05. The SMILES string of the molecule is CN=C(NCc1ccc(Br)s1)N(C)CCc1cccs1. The Morgan fingerprint density at radius 1 is 1.35 bits per heavy atom. The summed E-state index contributed by atoms with van der Waals surface area (Å²) in [6, 6.07) is 8.48. The molecule has 20 heavy (non-hydrogen) atoms. The largest absolute Gasteiger partial charge is 0.351 e. The van der Waals surface area contributed by atoms with Gasteiger partial charge in [0.25, 0.3) is 0 Å². The van der Waals surface area contributed by atoms with Gasteiger partial charge in [0.1, 0.15) is 0 Å². The highest BCUT2D eigenvalue weighted by Gasteiger charge is 2.07. The summed E-state index contributed by atoms with van der Waals surface area (Å²) in [5.74, 6) is 0.936. The monoisotopic (exact) mass is 371 g/mol. The molecular weight excluding hydrogens is 354 g/mol. The number of rotatable bonds is 5. The molecule has 0 spiro atoms. The summed E-state index contributed by atoms with van der Waals surface area (Å²) in [5.41, 5.74) is 0. The van der Waals surface area contributed by atoms with Crippen molar-refractivity contribution in [2.24, 2.45) is 4.99 Å². The standard InChI is InChI=1S/C14H18BrN3S2/c1-16-14(17-10-12-5-6-13(15)20-12)18(2)8-7-11-4-3-9-19-11/h3-6,9H,7-8,10H2,1-2H3,(H,16,17). The van der Waals surface area contributed by atoms with Gasteiger partial charge >= 0.3 is 0 Å². The third-order valence-electron chi connectivity index (χ3n) is 2.90. The average molecular weight is 372 g/mol. The van der Waals surface area contributed by atoms with Gasteiger partial charge in [-0.15, -0.1) is 22.7 Å². The fraction of sp³-hybridized carbons (Fsp3) is 0.357. The lowest BCUT2D eigenvalue weighted by atomic mass is 10.3. The van der Waals surface area contributed by atoms with E-state index in [1.54, 1.807) is 22.7 Å². The zero-order valence-corrected chi connectivity index (χ0v) is 14.8. The predicted molar refractivity (Wildman–Crippen MR) is 92.9 cm³/mol. The van der Waals surface area contributed by atoms with Crippen LogP contribution in [-0.2, 0) is 13.0 Å². The quantitative estimate of drug-likeness (QED) is 0.638. The van der Waals surface area contributed by atoms with Gasteiger partial charge in [0, 0.05) is 30.4 Å². The van der Waals surface area contributed by atoms with Crippen LogP contribution < -0.4 is 5.32 Å². The first-order chi connectivity index (χ1) is 9.69. The summed E-state index contributed by atoms with van der Waals surface area (Å²) < 4.78 is 1.16. The highest BCUT2D eigenvalue weighted by Crippen LogP contribution is 2.21. The van der Waals surface area contributed by atoms with E-state index in [-0.39, 0.29) is 0 Å². The molecule has 0 saturated heterocycles. The lowest BCUT2D eigenvalue weighted by Gasteiger charge is -2.21. The normalized spacial score (nSPS) is 11.7. The molecule has 2 rings (SSSR count). The zero-order chi connectivity index (χ0) is 14.4. The Morgan fingerprint density at radius 3 is 2.80 bits per heavy atom. The van der Waals surface area contributed by atoms with Crippen molar-refractivity contribution in [3.8, 4) is 0 Å². The van der Waals surface area contributed by atoms with Gasteiger partial charge in [-0.05, 0) is 45.9 Å². The molecule has 1 N–H and O–H groups in total. The molecule has 6 heteroatoms. The van der Waals surface area contributed by atoms with Crippen molar-refractivity contribution >= 4 is 44.6 Å². The maximum absolute atomic E-state index is 4.34. The van der Waals surface area contributed by atoms with Gasteiger partial charge in [-0.2, -0.15) is 0 Å². The third kappa shape index (κ3) is 4.61. The van der Waals surface area contributed by atoms with Gasteiger partial charge < -0.3 is 10.2 Å². The Morgan fingerprint density at radius 2 is 2.20 bits per heavy atom. The summed E-state index contributed by atoms with van der Waals surface area (Å²) >= 11 is 7.04. The highest BCUT2D eigenvalue weighted by molar-refractivity contribution is 9.11. The van der Waals surface area contributed by atoms with Crippen LogP contribution in [0.15, 0.2) is 38.4 Å². The summed E-state index contributed by atoms with van der Waals surface area (Å²) in [7, 11) is 3.90. The van der Waals surface area contributed by atoms with Gasteiger partial charge in [0.15, 0.2) is 5.96 Å². The van der Waals surface area contributed by atoms with Crippen LogP contribution in [0.5, 0.6) is 0 Å². The van der Waals surface area contributed by atoms with Crippen LogP contribution in [0.25, 0.3) is 0 Å². The third-order valence-corrected chi connectivity index (χ3v) is 5.46. The van der Waals surface area contributed by atoms with Crippen LogP contribution in [0.2, 0.25) is 0 Å². The van der Waals surface area contributed by atoms with Crippen molar-refractivity contribution in [1.29, 1.82) is 0 Å². The summed E-state index contributed by atoms with van der Waals surface area (Å²) in [4.78, 5) is 9.21. The van der Waals surface area contributed by atoms with E-state index in [1.165, 1.54) is 9.75 Å². The maximum atomic E-state index is 4.34. The molecule has 0 fully saturated rings. The molecule has 0 unspecified atom stereocenters. The van der Waals surface area contributed by atoms with Gasteiger partial charge in [-0.3, -0.25) is 4.99 Å². The van der Waals surface area contributed by atoms with E-state index >= 15 is 0 Å². The number of aliphatic imine (C=N–C) groups is 1. The molecule has 2 aromatic heterocycles. The van der Waals surface area contributed by atoms with Crippen molar-refractivity contribution < 1.29 is 0 Å². The minimum Gasteiger partial charge on any atom is -0.351 e. The molecule has 108 valence electrons. The van der Waals surface area contributed by atoms with Gasteiger partial charge in [0.2, 0.25) is 0 Å². The molecule has 0 aliphatic rings. The lowest BCUT2D eigenvalue weighted by molar-refractivity contribution is 0.487. The number of guanidine groups is 1. The minimum atomic E-state index is 0.812. The summed E-state index contributed by atoms with van der Waals surface area (Å²) in [6.45, 7) is 1.78. The van der Waals surface area contributed by atoms with Crippen LogP contribution >= 0.6 is 38.6 Å². The van der Waals surface area contributed by atoms with E-state index < -0.39 is 0 Å². The molecule has 0 aliphatic heterocycles. The molecule has 3 nitrogen and oxygen atoms in total. The van der Waals surface area contributed by atoms with E-state index in [4.69, 9.17) is 0 Å². The van der Waals surface area contributed by atoms with Crippen LogP contribution in [-0.4, -0.2) is 31.5 Å². The zero-order valence-electron chi connectivity index (χ0n) is 11.6. The van der Waals surface area contributed by atoms with E-state index in [9.17, 15) is 0 Å². The van der Waals surface area contributed by atoms with Crippen molar-refractivity contribution in [2.45, 2.75) is 13.0 Å². The second-order valence-electron chi connectivity index (χ2n) is 4.36. The van der Waals surface area contributed by atoms with E-state index in [0.29, 0.717) is 0 Å². The second kappa shape index (κ2) is 7.81. The van der Waals surface area contributed by atoms with Crippen molar-refractivity contribution in [2.75, 3.05) is 20.6 Å². The second-order valence-corrected chi connectivity index (χ2v) is 7.94. The number of thiophene rings is 2. The number of hydrogen-bond acceptors (Lipinski definition) is 3. The van der Waals surface area contributed by atoms with Gasteiger partial charge in [-0.1, -0.05) is 6.07 Å². The van der Waals surface area contributed by atoms with Crippen molar-refractivity contribution in [1.82, 2.24) is 10.2 Å². The van der Waals surface area contributed by atoms with Crippen molar-refractivity contribution in [3.63, 3.8) is 0 Å². The fourth-order valence-corrected chi connectivity index (χ4v) is 3.96. The Kier molecular flexibility index (Phi) is 6.06. The van der Waals surface area contributed by atoms with Crippen molar-refractivity contribution in [3.05, 3.63) is 43.2 Å². The average Bonchev–Trinajstić information content (AvgIpc) is 3.08. The molecule has 0 radical (unpaired) electrons. The first-order valence-electron chi connectivity index (χ1n) is 6.37. The molecular formula is C14H18BrN3S2. The molecule has 0 bridgehead atoms.